The Bertz CT molecular complexity index is 524. The van der Waals surface area contributed by atoms with Gasteiger partial charge in [0, 0.05) is 20.1 Å². The lowest BCUT2D eigenvalue weighted by atomic mass is 9.89. The molecule has 9 heteroatoms. The number of aromatic nitrogens is 3. The van der Waals surface area contributed by atoms with Crippen molar-refractivity contribution >= 4 is 17.8 Å². The lowest BCUT2D eigenvalue weighted by Gasteiger charge is -2.22. The number of hydrogen-bond donors (Lipinski definition) is 3. The van der Waals surface area contributed by atoms with E-state index in [2.05, 4.69) is 25.7 Å². The number of hydrazine groups is 1. The fourth-order valence-corrected chi connectivity index (χ4v) is 2.36. The Morgan fingerprint density at radius 3 is 2.86 bits per heavy atom. The third-order valence-electron chi connectivity index (χ3n) is 3.54. The van der Waals surface area contributed by atoms with Crippen LogP contribution in [0.3, 0.4) is 0 Å². The normalized spacial score (nSPS) is 21.2. The maximum Gasteiger partial charge on any atom is 0.323 e. The van der Waals surface area contributed by atoms with E-state index in [1.807, 2.05) is 18.7 Å². The van der Waals surface area contributed by atoms with Crippen LogP contribution >= 0.6 is 0 Å². The molecule has 0 radical (unpaired) electrons. The zero-order chi connectivity index (χ0) is 15.5. The Balaban J connectivity index is 2.23. The summed E-state index contributed by atoms with van der Waals surface area (Å²) in [5.41, 5.74) is 1.94. The quantitative estimate of drug-likeness (QED) is 0.492. The monoisotopic (exact) mass is 295 g/mol. The minimum Gasteiger partial charge on any atom is -0.464 e. The maximum atomic E-state index is 12.0. The zero-order valence-electron chi connectivity index (χ0n) is 12.5. The fourth-order valence-electron chi connectivity index (χ4n) is 2.36. The Labute approximate surface area is 123 Å². The SMILES string of the molecule is CCOc1nc(NN)nc(N2CCC(C)(C(=O)NC)C2)n1. The van der Waals surface area contributed by atoms with Crippen molar-refractivity contribution in [3.8, 4) is 6.01 Å². The van der Waals surface area contributed by atoms with Crippen molar-refractivity contribution in [1.29, 1.82) is 0 Å². The van der Waals surface area contributed by atoms with E-state index < -0.39 is 5.41 Å². The van der Waals surface area contributed by atoms with Crippen LogP contribution in [0.1, 0.15) is 20.3 Å². The van der Waals surface area contributed by atoms with Gasteiger partial charge in [0.15, 0.2) is 0 Å². The van der Waals surface area contributed by atoms with Gasteiger partial charge in [-0.05, 0) is 20.3 Å². The van der Waals surface area contributed by atoms with Crippen LogP contribution in [0.4, 0.5) is 11.9 Å². The van der Waals surface area contributed by atoms with E-state index in [4.69, 9.17) is 10.6 Å². The number of nitrogen functional groups attached to an aromatic ring is 1. The highest BCUT2D eigenvalue weighted by Crippen LogP contribution is 2.32. The standard InChI is InChI=1S/C12H21N7O2/c1-4-21-11-16-9(18-13)15-10(17-11)19-6-5-12(2,7-19)8(20)14-3/h4-7,13H2,1-3H3,(H,14,20)(H,15,16,17,18). The molecule has 1 atom stereocenters. The first-order valence-corrected chi connectivity index (χ1v) is 6.85. The van der Waals surface area contributed by atoms with Crippen molar-refractivity contribution in [3.63, 3.8) is 0 Å². The summed E-state index contributed by atoms with van der Waals surface area (Å²) in [7, 11) is 1.64. The first kappa shape index (κ1) is 15.2. The van der Waals surface area contributed by atoms with Crippen molar-refractivity contribution < 1.29 is 9.53 Å². The molecule has 1 aliphatic heterocycles. The number of nitrogens with one attached hydrogen (secondary N) is 2. The first-order chi connectivity index (χ1) is 10.0. The first-order valence-electron chi connectivity index (χ1n) is 6.85. The fraction of sp³-hybridized carbons (Fsp3) is 0.667. The van der Waals surface area contributed by atoms with E-state index in [0.29, 0.717) is 25.6 Å². The van der Waals surface area contributed by atoms with Gasteiger partial charge in [0.05, 0.1) is 12.0 Å². The van der Waals surface area contributed by atoms with Crippen LogP contribution in [-0.2, 0) is 4.79 Å². The van der Waals surface area contributed by atoms with Gasteiger partial charge in [-0.2, -0.15) is 15.0 Å². The summed E-state index contributed by atoms with van der Waals surface area (Å²) in [4.78, 5) is 26.4. The Morgan fingerprint density at radius 2 is 2.24 bits per heavy atom. The highest BCUT2D eigenvalue weighted by atomic mass is 16.5. The highest BCUT2D eigenvalue weighted by molar-refractivity contribution is 5.83. The number of carbonyl (C=O) groups is 1. The molecule has 2 heterocycles. The van der Waals surface area contributed by atoms with Gasteiger partial charge >= 0.3 is 6.01 Å². The van der Waals surface area contributed by atoms with Crippen molar-refractivity contribution in [2.24, 2.45) is 11.3 Å². The molecule has 9 nitrogen and oxygen atoms in total. The maximum absolute atomic E-state index is 12.0. The number of nitrogens with two attached hydrogens (primary N) is 1. The van der Waals surface area contributed by atoms with E-state index >= 15 is 0 Å². The van der Waals surface area contributed by atoms with Gasteiger partial charge in [0.25, 0.3) is 0 Å². The number of anilines is 2. The molecule has 2 rings (SSSR count). The van der Waals surface area contributed by atoms with E-state index in [0.717, 1.165) is 6.42 Å². The highest BCUT2D eigenvalue weighted by Gasteiger charge is 2.40. The molecule has 4 N–H and O–H groups in total. The summed E-state index contributed by atoms with van der Waals surface area (Å²) < 4.78 is 5.31. The molecule has 0 saturated carbocycles. The van der Waals surface area contributed by atoms with Crippen LogP contribution < -0.4 is 26.2 Å². The van der Waals surface area contributed by atoms with Crippen LogP contribution in [0.5, 0.6) is 6.01 Å². The van der Waals surface area contributed by atoms with Gasteiger partial charge < -0.3 is 15.0 Å². The number of rotatable bonds is 5. The number of hydrogen-bond acceptors (Lipinski definition) is 8. The molecule has 0 aliphatic carbocycles. The molecule has 1 aromatic rings. The van der Waals surface area contributed by atoms with Gasteiger partial charge in [0.2, 0.25) is 17.8 Å². The molecule has 1 aliphatic rings. The van der Waals surface area contributed by atoms with Crippen LogP contribution in [0.25, 0.3) is 0 Å². The summed E-state index contributed by atoms with van der Waals surface area (Å²) in [6.07, 6.45) is 0.730. The van der Waals surface area contributed by atoms with Gasteiger partial charge in [-0.1, -0.05) is 0 Å². The molecule has 1 aromatic heterocycles. The molecule has 0 aromatic carbocycles. The lowest BCUT2D eigenvalue weighted by molar-refractivity contribution is -0.128. The van der Waals surface area contributed by atoms with E-state index in [1.54, 1.807) is 7.05 Å². The number of amides is 1. The molecule has 0 spiro atoms. The third kappa shape index (κ3) is 3.13. The molecule has 1 unspecified atom stereocenters. The van der Waals surface area contributed by atoms with Crippen molar-refractivity contribution in [3.05, 3.63) is 0 Å². The molecule has 1 amide bonds. The minimum atomic E-state index is -0.455. The Kier molecular flexibility index (Phi) is 4.41. The molecular formula is C12H21N7O2. The van der Waals surface area contributed by atoms with Crippen LogP contribution in [0, 0.1) is 5.41 Å². The Morgan fingerprint density at radius 1 is 1.48 bits per heavy atom. The molecular weight excluding hydrogens is 274 g/mol. The summed E-state index contributed by atoms with van der Waals surface area (Å²) in [5, 5.41) is 2.70. The summed E-state index contributed by atoms with van der Waals surface area (Å²) in [6.45, 7) is 5.44. The van der Waals surface area contributed by atoms with Crippen molar-refractivity contribution in [2.45, 2.75) is 20.3 Å². The van der Waals surface area contributed by atoms with Gasteiger partial charge in [0.1, 0.15) is 0 Å². The van der Waals surface area contributed by atoms with E-state index in [1.165, 1.54) is 0 Å². The summed E-state index contributed by atoms with van der Waals surface area (Å²) in [5.74, 6) is 6.07. The van der Waals surface area contributed by atoms with Crippen LogP contribution in [0.15, 0.2) is 0 Å². The molecule has 116 valence electrons. The van der Waals surface area contributed by atoms with Gasteiger partial charge in [-0.25, -0.2) is 5.84 Å². The smallest absolute Gasteiger partial charge is 0.323 e. The van der Waals surface area contributed by atoms with Gasteiger partial charge in [-0.3, -0.25) is 10.2 Å². The Hall–Kier alpha value is -2.16. The van der Waals surface area contributed by atoms with Crippen molar-refractivity contribution in [1.82, 2.24) is 20.3 Å². The predicted octanol–water partition coefficient (Wildman–Crippen LogP) is -0.482. The zero-order valence-corrected chi connectivity index (χ0v) is 12.5. The summed E-state index contributed by atoms with van der Waals surface area (Å²) in [6, 6.07) is 0.212. The lowest BCUT2D eigenvalue weighted by Crippen LogP contribution is -2.39. The largest absolute Gasteiger partial charge is 0.464 e. The predicted molar refractivity (Wildman–Crippen MR) is 77.8 cm³/mol. The van der Waals surface area contributed by atoms with Gasteiger partial charge in [-0.15, -0.1) is 0 Å². The van der Waals surface area contributed by atoms with E-state index in [9.17, 15) is 4.79 Å². The van der Waals surface area contributed by atoms with Crippen LogP contribution in [-0.4, -0.2) is 47.6 Å². The summed E-state index contributed by atoms with van der Waals surface area (Å²) >= 11 is 0. The molecule has 21 heavy (non-hydrogen) atoms. The second-order valence-corrected chi connectivity index (χ2v) is 5.13. The van der Waals surface area contributed by atoms with Crippen molar-refractivity contribution in [2.75, 3.05) is 37.1 Å². The molecule has 1 fully saturated rings. The topological polar surface area (TPSA) is 118 Å². The van der Waals surface area contributed by atoms with Crippen LogP contribution in [0.2, 0.25) is 0 Å². The molecule has 1 saturated heterocycles. The average Bonchev–Trinajstić information content (AvgIpc) is 2.90. The van der Waals surface area contributed by atoms with E-state index in [-0.39, 0.29) is 17.9 Å². The average molecular weight is 295 g/mol. The second-order valence-electron chi connectivity index (χ2n) is 5.13. The third-order valence-corrected chi connectivity index (χ3v) is 3.54. The number of carbonyl (C=O) groups excluding carboxylic acids is 1. The second kappa shape index (κ2) is 6.08. The number of ether oxygens (including phenoxy) is 1. The number of nitrogens with zero attached hydrogens (tertiary/aromatic N) is 4. The minimum absolute atomic E-state index is 0.0151. The molecule has 0 bridgehead atoms.